The van der Waals surface area contributed by atoms with E-state index in [1.165, 1.54) is 4.90 Å². The first-order valence-electron chi connectivity index (χ1n) is 5.25. The first-order chi connectivity index (χ1) is 7.48. The third kappa shape index (κ3) is 3.46. The van der Waals surface area contributed by atoms with E-state index in [-0.39, 0.29) is 5.41 Å². The van der Waals surface area contributed by atoms with E-state index in [2.05, 4.69) is 41.5 Å². The fourth-order valence-electron chi connectivity index (χ4n) is 1.56. The Kier molecular flexibility index (Phi) is 4.26. The van der Waals surface area contributed by atoms with Gasteiger partial charge in [-0.15, -0.1) is 11.8 Å². The van der Waals surface area contributed by atoms with E-state index in [0.717, 1.165) is 12.2 Å². The second-order valence-corrected chi connectivity index (χ2v) is 5.43. The van der Waals surface area contributed by atoms with E-state index < -0.39 is 0 Å². The molecule has 0 aromatic heterocycles. The number of rotatable bonds is 4. The van der Waals surface area contributed by atoms with Crippen LogP contribution >= 0.6 is 11.8 Å². The molecule has 0 atom stereocenters. The number of benzene rings is 1. The van der Waals surface area contributed by atoms with Crippen molar-refractivity contribution in [1.29, 1.82) is 5.26 Å². The molecule has 3 heteroatoms. The minimum Gasteiger partial charge on any atom is -0.373 e. The lowest BCUT2D eigenvalue weighted by Gasteiger charge is -2.26. The molecule has 1 aromatic carbocycles. The molecule has 0 saturated heterocycles. The number of nitriles is 1. The van der Waals surface area contributed by atoms with Gasteiger partial charge in [-0.1, -0.05) is 0 Å². The highest BCUT2D eigenvalue weighted by Gasteiger charge is 2.19. The molecule has 0 saturated carbocycles. The van der Waals surface area contributed by atoms with Gasteiger partial charge in [0.2, 0.25) is 0 Å². The average molecular weight is 234 g/mol. The van der Waals surface area contributed by atoms with Gasteiger partial charge in [-0.2, -0.15) is 5.26 Å². The predicted octanol–water partition coefficient (Wildman–Crippen LogP) is 3.39. The Hall–Kier alpha value is -1.14. The first-order valence-corrected chi connectivity index (χ1v) is 6.47. The standard InChI is InChI=1S/C13H18N2S/c1-13(2,9-14)10-15(3)11-5-7-12(16-4)8-6-11/h5-8H,10H2,1-4H3. The van der Waals surface area contributed by atoms with E-state index in [0.29, 0.717) is 0 Å². The van der Waals surface area contributed by atoms with Crippen molar-refractivity contribution in [2.75, 3.05) is 24.7 Å². The van der Waals surface area contributed by atoms with Gasteiger partial charge in [0.05, 0.1) is 11.5 Å². The zero-order chi connectivity index (χ0) is 12.2. The van der Waals surface area contributed by atoms with Crippen molar-refractivity contribution < 1.29 is 0 Å². The van der Waals surface area contributed by atoms with Crippen LogP contribution in [-0.4, -0.2) is 19.8 Å². The Bertz CT molecular complexity index is 376. The molecule has 86 valence electrons. The minimum absolute atomic E-state index is 0.313. The quantitative estimate of drug-likeness (QED) is 0.747. The molecule has 0 radical (unpaired) electrons. The summed E-state index contributed by atoms with van der Waals surface area (Å²) in [7, 11) is 2.02. The van der Waals surface area contributed by atoms with E-state index in [1.807, 2.05) is 20.9 Å². The van der Waals surface area contributed by atoms with Crippen molar-refractivity contribution in [3.05, 3.63) is 24.3 Å². The van der Waals surface area contributed by atoms with Gasteiger partial charge in [-0.25, -0.2) is 0 Å². The minimum atomic E-state index is -0.313. The summed E-state index contributed by atoms with van der Waals surface area (Å²) >= 11 is 1.74. The van der Waals surface area contributed by atoms with E-state index in [9.17, 15) is 0 Å². The lowest BCUT2D eigenvalue weighted by Crippen LogP contribution is -2.30. The third-order valence-electron chi connectivity index (χ3n) is 2.45. The molecule has 0 aliphatic heterocycles. The number of anilines is 1. The summed E-state index contributed by atoms with van der Waals surface area (Å²) in [5.41, 5.74) is 0.841. The topological polar surface area (TPSA) is 27.0 Å². The molecular weight excluding hydrogens is 216 g/mol. The molecule has 16 heavy (non-hydrogen) atoms. The van der Waals surface area contributed by atoms with E-state index in [1.54, 1.807) is 11.8 Å². The second-order valence-electron chi connectivity index (χ2n) is 4.55. The molecule has 0 N–H and O–H groups in total. The van der Waals surface area contributed by atoms with Gasteiger partial charge in [-0.3, -0.25) is 0 Å². The highest BCUT2D eigenvalue weighted by molar-refractivity contribution is 7.98. The average Bonchev–Trinajstić information content (AvgIpc) is 2.28. The van der Waals surface area contributed by atoms with Crippen molar-refractivity contribution in [3.8, 4) is 6.07 Å². The molecule has 0 aliphatic carbocycles. The van der Waals surface area contributed by atoms with Crippen LogP contribution in [-0.2, 0) is 0 Å². The van der Waals surface area contributed by atoms with Gasteiger partial charge >= 0.3 is 0 Å². The van der Waals surface area contributed by atoms with Crippen molar-refractivity contribution in [2.45, 2.75) is 18.7 Å². The molecule has 0 aliphatic rings. The summed E-state index contributed by atoms with van der Waals surface area (Å²) in [6.07, 6.45) is 2.07. The van der Waals surface area contributed by atoms with Gasteiger partial charge in [0, 0.05) is 24.2 Å². The van der Waals surface area contributed by atoms with Crippen LogP contribution in [0.3, 0.4) is 0 Å². The van der Waals surface area contributed by atoms with Gasteiger partial charge in [0.1, 0.15) is 0 Å². The molecule has 1 rings (SSSR count). The molecule has 0 bridgehead atoms. The Balaban J connectivity index is 2.74. The third-order valence-corrected chi connectivity index (χ3v) is 3.19. The Labute approximate surface area is 102 Å². The van der Waals surface area contributed by atoms with Crippen LogP contribution in [0.25, 0.3) is 0 Å². The van der Waals surface area contributed by atoms with Crippen molar-refractivity contribution in [1.82, 2.24) is 0 Å². The molecule has 1 aromatic rings. The van der Waals surface area contributed by atoms with Crippen molar-refractivity contribution >= 4 is 17.4 Å². The summed E-state index contributed by atoms with van der Waals surface area (Å²) in [6, 6.07) is 10.7. The molecule has 0 heterocycles. The van der Waals surface area contributed by atoms with E-state index >= 15 is 0 Å². The summed E-state index contributed by atoms with van der Waals surface area (Å²) < 4.78 is 0. The number of nitrogens with zero attached hydrogens (tertiary/aromatic N) is 2. The summed E-state index contributed by atoms with van der Waals surface area (Å²) in [6.45, 7) is 4.65. The van der Waals surface area contributed by atoms with Crippen LogP contribution in [0.4, 0.5) is 5.69 Å². The molecule has 0 amide bonds. The fraction of sp³-hybridized carbons (Fsp3) is 0.462. The highest BCUT2D eigenvalue weighted by atomic mass is 32.2. The van der Waals surface area contributed by atoms with Crippen LogP contribution in [0.15, 0.2) is 29.2 Å². The normalized spacial score (nSPS) is 10.9. The lowest BCUT2D eigenvalue weighted by molar-refractivity contribution is 0.497. The lowest BCUT2D eigenvalue weighted by atomic mass is 9.95. The van der Waals surface area contributed by atoms with Crippen LogP contribution in [0.5, 0.6) is 0 Å². The Morgan fingerprint density at radius 3 is 2.31 bits per heavy atom. The van der Waals surface area contributed by atoms with E-state index in [4.69, 9.17) is 5.26 Å². The second kappa shape index (κ2) is 5.27. The van der Waals surface area contributed by atoms with Crippen molar-refractivity contribution in [3.63, 3.8) is 0 Å². The maximum atomic E-state index is 8.99. The zero-order valence-corrected chi connectivity index (χ0v) is 11.1. The maximum absolute atomic E-state index is 8.99. The monoisotopic (exact) mass is 234 g/mol. The number of thioether (sulfide) groups is 1. The smallest absolute Gasteiger partial charge is 0.0702 e. The molecule has 2 nitrogen and oxygen atoms in total. The van der Waals surface area contributed by atoms with Crippen LogP contribution in [0.1, 0.15) is 13.8 Å². The molecule has 0 fully saturated rings. The Morgan fingerprint density at radius 1 is 1.31 bits per heavy atom. The summed E-state index contributed by atoms with van der Waals surface area (Å²) in [5.74, 6) is 0. The van der Waals surface area contributed by atoms with Crippen molar-refractivity contribution in [2.24, 2.45) is 5.41 Å². The molecule has 0 unspecified atom stereocenters. The van der Waals surface area contributed by atoms with Gasteiger partial charge < -0.3 is 4.90 Å². The largest absolute Gasteiger partial charge is 0.373 e. The highest BCUT2D eigenvalue weighted by Crippen LogP contribution is 2.23. The summed E-state index contributed by atoms with van der Waals surface area (Å²) in [4.78, 5) is 3.38. The zero-order valence-electron chi connectivity index (χ0n) is 10.3. The van der Waals surface area contributed by atoms with Crippen LogP contribution in [0.2, 0.25) is 0 Å². The maximum Gasteiger partial charge on any atom is 0.0702 e. The van der Waals surface area contributed by atoms with Gasteiger partial charge in [0.25, 0.3) is 0 Å². The van der Waals surface area contributed by atoms with Crippen LogP contribution in [0, 0.1) is 16.7 Å². The predicted molar refractivity (Wildman–Crippen MR) is 70.9 cm³/mol. The fourth-order valence-corrected chi connectivity index (χ4v) is 1.96. The van der Waals surface area contributed by atoms with Gasteiger partial charge in [0.15, 0.2) is 0 Å². The molecule has 0 spiro atoms. The van der Waals surface area contributed by atoms with Crippen LogP contribution < -0.4 is 4.90 Å². The SMILES string of the molecule is CSc1ccc(N(C)CC(C)(C)C#N)cc1. The van der Waals surface area contributed by atoms with Gasteiger partial charge in [-0.05, 0) is 44.4 Å². The molecular formula is C13H18N2S. The number of hydrogen-bond donors (Lipinski definition) is 0. The first kappa shape index (κ1) is 12.9. The number of hydrogen-bond acceptors (Lipinski definition) is 3. The summed E-state index contributed by atoms with van der Waals surface area (Å²) in [5, 5.41) is 8.99. The Morgan fingerprint density at radius 2 is 1.88 bits per heavy atom.